The van der Waals surface area contributed by atoms with Gasteiger partial charge in [0.05, 0.1) is 23.8 Å². The van der Waals surface area contributed by atoms with E-state index in [1.807, 2.05) is 0 Å². The molecule has 0 spiro atoms. The summed E-state index contributed by atoms with van der Waals surface area (Å²) >= 11 is 0. The predicted molar refractivity (Wildman–Crippen MR) is 154 cm³/mol. The molecule has 11 heteroatoms. The number of aliphatic hydroxyl groups excluding tert-OH is 1. The largest absolute Gasteiger partial charge is 0.502 e. The number of rotatable bonds is 8. The number of allylic oxidation sites excluding steroid dienone is 2. The second-order valence-corrected chi connectivity index (χ2v) is 12.9. The molecular formula is C31H41N3O8. The van der Waals surface area contributed by atoms with Gasteiger partial charge in [-0.2, -0.15) is 0 Å². The molecule has 1 aromatic rings. The zero-order chi connectivity index (χ0) is 30.2. The fourth-order valence-electron chi connectivity index (χ4n) is 8.44. The van der Waals surface area contributed by atoms with E-state index >= 15 is 0 Å². The summed E-state index contributed by atoms with van der Waals surface area (Å²) in [6.45, 7) is 4.29. The Morgan fingerprint density at radius 2 is 1.95 bits per heavy atom. The lowest BCUT2D eigenvalue weighted by Crippen LogP contribution is -2.51. The molecule has 4 aliphatic rings. The zero-order valence-corrected chi connectivity index (χ0v) is 24.5. The number of aromatic hydroxyl groups is 1. The summed E-state index contributed by atoms with van der Waals surface area (Å²) in [5.41, 5.74) is 2.25. The summed E-state index contributed by atoms with van der Waals surface area (Å²) in [6.07, 6.45) is 10.0. The minimum Gasteiger partial charge on any atom is -0.502 e. The monoisotopic (exact) mass is 583 g/mol. The number of hydrogen-bond donors (Lipinski definition) is 3. The van der Waals surface area contributed by atoms with Gasteiger partial charge in [0.25, 0.3) is 5.91 Å². The molecule has 7 atom stereocenters. The SMILES string of the molecule is COC(=O)C(Cc1ccc(O)c([N+](=O)[O-])c1)NC(=O)CO/N=C1\C=C2CCC3C(CCC4(C)C(O)CCC34)C2(C)CC1. The molecule has 7 unspecified atom stereocenters. The Morgan fingerprint density at radius 3 is 2.69 bits per heavy atom. The Labute approximate surface area is 245 Å². The number of methoxy groups -OCH3 is 1. The zero-order valence-electron chi connectivity index (χ0n) is 24.5. The Bertz CT molecular complexity index is 1310. The lowest BCUT2D eigenvalue weighted by molar-refractivity contribution is -0.385. The van der Waals surface area contributed by atoms with Gasteiger partial charge in [0.2, 0.25) is 0 Å². The average Bonchev–Trinajstić information content (AvgIpc) is 3.27. The molecule has 0 saturated heterocycles. The van der Waals surface area contributed by atoms with Crippen molar-refractivity contribution in [1.29, 1.82) is 0 Å². The van der Waals surface area contributed by atoms with Crippen LogP contribution in [0.4, 0.5) is 5.69 Å². The summed E-state index contributed by atoms with van der Waals surface area (Å²) in [6, 6.07) is 2.66. The van der Waals surface area contributed by atoms with Gasteiger partial charge in [0.15, 0.2) is 12.4 Å². The van der Waals surface area contributed by atoms with E-state index in [0.29, 0.717) is 23.3 Å². The third-order valence-corrected chi connectivity index (χ3v) is 10.8. The van der Waals surface area contributed by atoms with Crippen molar-refractivity contribution in [2.24, 2.45) is 33.7 Å². The third-order valence-electron chi connectivity index (χ3n) is 10.8. The van der Waals surface area contributed by atoms with Gasteiger partial charge in [-0.05, 0) is 97.7 Å². The maximum atomic E-state index is 12.6. The van der Waals surface area contributed by atoms with Crippen LogP contribution >= 0.6 is 0 Å². The van der Waals surface area contributed by atoms with Crippen LogP contribution in [-0.4, -0.2) is 58.6 Å². The Hall–Kier alpha value is -3.47. The molecule has 0 heterocycles. The molecule has 3 fully saturated rings. The molecule has 42 heavy (non-hydrogen) atoms. The molecule has 3 saturated carbocycles. The number of phenolic OH excluding ortho intramolecular Hbond substituents is 1. The smallest absolute Gasteiger partial charge is 0.328 e. The van der Waals surface area contributed by atoms with Crippen molar-refractivity contribution in [2.75, 3.05) is 13.7 Å². The molecule has 4 aliphatic carbocycles. The topological polar surface area (TPSA) is 161 Å². The average molecular weight is 584 g/mol. The second kappa shape index (κ2) is 11.7. The fourth-order valence-corrected chi connectivity index (χ4v) is 8.44. The number of hydrogen-bond acceptors (Lipinski definition) is 9. The van der Waals surface area contributed by atoms with Gasteiger partial charge in [-0.3, -0.25) is 14.9 Å². The van der Waals surface area contributed by atoms with Crippen LogP contribution < -0.4 is 5.32 Å². The minimum atomic E-state index is -1.10. The van der Waals surface area contributed by atoms with Crippen LogP contribution in [0.25, 0.3) is 0 Å². The van der Waals surface area contributed by atoms with Crippen molar-refractivity contribution >= 4 is 23.3 Å². The number of esters is 1. The van der Waals surface area contributed by atoms with E-state index in [-0.39, 0.29) is 23.4 Å². The number of nitrogens with one attached hydrogen (secondary N) is 1. The first-order chi connectivity index (χ1) is 20.0. The molecule has 228 valence electrons. The highest BCUT2D eigenvalue weighted by Crippen LogP contribution is 2.65. The normalized spacial score (nSPS) is 33.4. The number of carbonyl (C=O) groups is 2. The number of ether oxygens (including phenoxy) is 1. The van der Waals surface area contributed by atoms with Crippen molar-refractivity contribution in [1.82, 2.24) is 5.32 Å². The number of nitro groups is 1. The third kappa shape index (κ3) is 5.50. The van der Waals surface area contributed by atoms with E-state index < -0.39 is 40.9 Å². The van der Waals surface area contributed by atoms with Crippen molar-refractivity contribution < 1.29 is 34.3 Å². The summed E-state index contributed by atoms with van der Waals surface area (Å²) in [5.74, 6) is 0.0699. The van der Waals surface area contributed by atoms with E-state index in [9.17, 15) is 29.9 Å². The Morgan fingerprint density at radius 1 is 1.17 bits per heavy atom. The van der Waals surface area contributed by atoms with E-state index in [0.717, 1.165) is 63.1 Å². The number of oxime groups is 1. The van der Waals surface area contributed by atoms with Crippen molar-refractivity contribution in [3.63, 3.8) is 0 Å². The molecule has 0 aromatic heterocycles. The van der Waals surface area contributed by atoms with Gasteiger partial charge in [-0.1, -0.05) is 30.6 Å². The van der Waals surface area contributed by atoms with E-state index in [4.69, 9.17) is 9.57 Å². The standard InChI is InChI=1S/C31H41N3O8/c1-30-12-10-20(16-19(30)5-6-21-22-7-9-27(36)31(22,2)13-11-23(21)30)33-42-17-28(37)32-24(29(38)41-3)14-18-4-8-26(35)25(15-18)34(39)40/h4,8,15-16,21-24,27,35-36H,5-7,9-14,17H2,1-3H3,(H,32,37)/b33-20-. The number of benzene rings is 1. The number of aliphatic hydroxyl groups is 1. The van der Waals surface area contributed by atoms with Gasteiger partial charge in [0.1, 0.15) is 6.04 Å². The van der Waals surface area contributed by atoms with Crippen LogP contribution in [0.15, 0.2) is 35.0 Å². The molecule has 0 aliphatic heterocycles. The Balaban J connectivity index is 1.19. The Kier molecular flexibility index (Phi) is 8.33. The summed E-state index contributed by atoms with van der Waals surface area (Å²) in [5, 5.41) is 38.3. The van der Waals surface area contributed by atoms with Crippen LogP contribution in [-0.2, 0) is 25.6 Å². The minimum absolute atomic E-state index is 0.0589. The van der Waals surface area contributed by atoms with Crippen LogP contribution in [0.3, 0.4) is 0 Å². The van der Waals surface area contributed by atoms with E-state index in [1.165, 1.54) is 24.8 Å². The number of carbonyl (C=O) groups excluding carboxylic acids is 2. The number of nitro benzene ring substituents is 1. The number of fused-ring (bicyclic) bond motifs is 5. The molecule has 3 N–H and O–H groups in total. The van der Waals surface area contributed by atoms with Crippen LogP contribution in [0.1, 0.15) is 70.8 Å². The first-order valence-corrected chi connectivity index (χ1v) is 14.9. The summed E-state index contributed by atoms with van der Waals surface area (Å²) < 4.78 is 4.79. The van der Waals surface area contributed by atoms with Gasteiger partial charge >= 0.3 is 11.7 Å². The van der Waals surface area contributed by atoms with Gasteiger partial charge in [0, 0.05) is 12.5 Å². The molecule has 0 bridgehead atoms. The van der Waals surface area contributed by atoms with Crippen molar-refractivity contribution in [3.8, 4) is 5.75 Å². The molecule has 5 rings (SSSR count). The van der Waals surface area contributed by atoms with Crippen molar-refractivity contribution in [2.45, 2.75) is 83.8 Å². The van der Waals surface area contributed by atoms with Crippen LogP contribution in [0.2, 0.25) is 0 Å². The molecular weight excluding hydrogens is 542 g/mol. The predicted octanol–water partition coefficient (Wildman–Crippen LogP) is 4.20. The molecule has 1 aromatic carbocycles. The van der Waals surface area contributed by atoms with E-state index in [1.54, 1.807) is 0 Å². The highest BCUT2D eigenvalue weighted by Gasteiger charge is 2.58. The summed E-state index contributed by atoms with van der Waals surface area (Å²) in [7, 11) is 1.18. The fraction of sp³-hybridized carbons (Fsp3) is 0.645. The van der Waals surface area contributed by atoms with E-state index in [2.05, 4.69) is 30.4 Å². The number of nitrogens with zero attached hydrogens (tertiary/aromatic N) is 2. The first-order valence-electron chi connectivity index (χ1n) is 14.9. The summed E-state index contributed by atoms with van der Waals surface area (Å²) in [4.78, 5) is 40.7. The highest BCUT2D eigenvalue weighted by atomic mass is 16.6. The lowest BCUT2D eigenvalue weighted by atomic mass is 9.47. The maximum Gasteiger partial charge on any atom is 0.328 e. The molecule has 11 nitrogen and oxygen atoms in total. The molecule has 0 radical (unpaired) electrons. The quantitative estimate of drug-likeness (QED) is 0.233. The number of phenols is 1. The van der Waals surface area contributed by atoms with Gasteiger partial charge < -0.3 is 25.1 Å². The maximum absolute atomic E-state index is 12.6. The van der Waals surface area contributed by atoms with Crippen molar-refractivity contribution in [3.05, 3.63) is 45.5 Å². The lowest BCUT2D eigenvalue weighted by Gasteiger charge is -2.57. The van der Waals surface area contributed by atoms with Gasteiger partial charge in [-0.25, -0.2) is 4.79 Å². The van der Waals surface area contributed by atoms with Crippen LogP contribution in [0.5, 0.6) is 5.75 Å². The highest BCUT2D eigenvalue weighted by molar-refractivity contribution is 5.96. The second-order valence-electron chi connectivity index (χ2n) is 12.9. The molecule has 1 amide bonds. The number of amides is 1. The van der Waals surface area contributed by atoms with Gasteiger partial charge in [-0.15, -0.1) is 0 Å². The first kappa shape index (κ1) is 30.0. The van der Waals surface area contributed by atoms with Crippen LogP contribution in [0, 0.1) is 38.7 Å².